The van der Waals surface area contributed by atoms with Crippen LogP contribution in [0.5, 0.6) is 0 Å². The summed E-state index contributed by atoms with van der Waals surface area (Å²) in [5, 5.41) is 6.44. The van der Waals surface area contributed by atoms with Crippen LogP contribution in [0.4, 0.5) is 0 Å². The van der Waals surface area contributed by atoms with E-state index in [2.05, 4.69) is 22.5 Å². The van der Waals surface area contributed by atoms with E-state index in [1.165, 1.54) is 6.26 Å². The van der Waals surface area contributed by atoms with Crippen LogP contribution in [0.15, 0.2) is 4.99 Å². The van der Waals surface area contributed by atoms with Crippen LogP contribution in [-0.2, 0) is 14.6 Å². The Bertz CT molecular complexity index is 548. The number of hydrogen-bond acceptors (Lipinski definition) is 4. The lowest BCUT2D eigenvalue weighted by Crippen LogP contribution is -2.43. The van der Waals surface area contributed by atoms with E-state index >= 15 is 0 Å². The van der Waals surface area contributed by atoms with E-state index in [-0.39, 0.29) is 23.7 Å². The lowest BCUT2D eigenvalue weighted by molar-refractivity contribution is -0.129. The molecule has 2 unspecified atom stereocenters. The number of rotatable bonds is 10. The summed E-state index contributed by atoms with van der Waals surface area (Å²) >= 11 is 0. The van der Waals surface area contributed by atoms with Gasteiger partial charge in [0.2, 0.25) is 5.91 Å². The first-order chi connectivity index (χ1) is 11.8. The van der Waals surface area contributed by atoms with E-state index in [0.29, 0.717) is 25.3 Å². The Morgan fingerprint density at radius 1 is 1.32 bits per heavy atom. The number of carbonyl (C=O) groups excluding carboxylic acids is 1. The summed E-state index contributed by atoms with van der Waals surface area (Å²) in [6, 6.07) is 0.277. The smallest absolute Gasteiger partial charge is 0.222 e. The van der Waals surface area contributed by atoms with E-state index in [0.717, 1.165) is 32.4 Å². The molecule has 2 N–H and O–H groups in total. The van der Waals surface area contributed by atoms with Gasteiger partial charge in [0.15, 0.2) is 5.96 Å². The van der Waals surface area contributed by atoms with Crippen molar-refractivity contribution in [2.45, 2.75) is 65.0 Å². The zero-order valence-corrected chi connectivity index (χ0v) is 16.9. The van der Waals surface area contributed by atoms with Gasteiger partial charge in [0.05, 0.1) is 5.75 Å². The van der Waals surface area contributed by atoms with Gasteiger partial charge in [0.25, 0.3) is 0 Å². The van der Waals surface area contributed by atoms with Crippen molar-refractivity contribution in [2.24, 2.45) is 4.99 Å². The van der Waals surface area contributed by atoms with E-state index in [1.54, 1.807) is 0 Å². The third-order valence-electron chi connectivity index (χ3n) is 4.40. The standard InChI is InChI=1S/C17H34N4O3S/c1-5-15(21-12-7-8-16(21)22)9-11-19-17(18-6-2)20-14(3)10-13-25(4,23)24/h14-15H,5-13H2,1-4H3,(H2,18,19,20). The van der Waals surface area contributed by atoms with Crippen molar-refractivity contribution >= 4 is 21.7 Å². The minimum Gasteiger partial charge on any atom is -0.357 e. The number of likely N-dealkylation sites (tertiary alicyclic amines) is 1. The first-order valence-electron chi connectivity index (χ1n) is 9.28. The molecule has 1 fully saturated rings. The molecular formula is C17H34N4O3S. The van der Waals surface area contributed by atoms with Crippen LogP contribution in [0.1, 0.15) is 52.9 Å². The maximum Gasteiger partial charge on any atom is 0.222 e. The zero-order valence-electron chi connectivity index (χ0n) is 16.0. The lowest BCUT2D eigenvalue weighted by atomic mass is 10.1. The molecule has 1 heterocycles. The topological polar surface area (TPSA) is 90.9 Å². The van der Waals surface area contributed by atoms with Crippen molar-refractivity contribution in [3.8, 4) is 0 Å². The predicted octanol–water partition coefficient (Wildman–Crippen LogP) is 1.16. The highest BCUT2D eigenvalue weighted by Gasteiger charge is 2.26. The molecule has 0 saturated carbocycles. The third kappa shape index (κ3) is 8.56. The molecule has 1 aliphatic rings. The maximum atomic E-state index is 11.9. The molecule has 0 bridgehead atoms. The van der Waals surface area contributed by atoms with Crippen molar-refractivity contribution in [1.29, 1.82) is 0 Å². The molecule has 7 nitrogen and oxygen atoms in total. The molecular weight excluding hydrogens is 340 g/mol. The van der Waals surface area contributed by atoms with Crippen molar-refractivity contribution in [1.82, 2.24) is 15.5 Å². The number of hydrogen-bond donors (Lipinski definition) is 2. The fraction of sp³-hybridized carbons (Fsp3) is 0.882. The molecule has 1 amide bonds. The van der Waals surface area contributed by atoms with Crippen molar-refractivity contribution < 1.29 is 13.2 Å². The Hall–Kier alpha value is -1.31. The number of amides is 1. The van der Waals surface area contributed by atoms with Crippen LogP contribution in [0.25, 0.3) is 0 Å². The van der Waals surface area contributed by atoms with Gasteiger partial charge in [-0.1, -0.05) is 6.92 Å². The molecule has 25 heavy (non-hydrogen) atoms. The Morgan fingerprint density at radius 2 is 2.04 bits per heavy atom. The normalized spacial score (nSPS) is 18.3. The highest BCUT2D eigenvalue weighted by Crippen LogP contribution is 2.18. The first kappa shape index (κ1) is 21.7. The Kier molecular flexibility index (Phi) is 9.24. The minimum absolute atomic E-state index is 0.0228. The molecule has 1 saturated heterocycles. The summed E-state index contributed by atoms with van der Waals surface area (Å²) in [7, 11) is -2.95. The SMILES string of the molecule is CCNC(=NCCC(CC)N1CCCC1=O)NC(C)CCS(C)(=O)=O. The molecule has 1 aliphatic heterocycles. The second-order valence-electron chi connectivity index (χ2n) is 6.77. The number of nitrogens with zero attached hydrogens (tertiary/aromatic N) is 2. The summed E-state index contributed by atoms with van der Waals surface area (Å²) < 4.78 is 22.5. The van der Waals surface area contributed by atoms with Crippen LogP contribution in [0, 0.1) is 0 Å². The maximum absolute atomic E-state index is 11.9. The van der Waals surface area contributed by atoms with E-state index in [1.807, 2.05) is 18.7 Å². The summed E-state index contributed by atoms with van der Waals surface area (Å²) in [4.78, 5) is 18.5. The molecule has 0 aliphatic carbocycles. The van der Waals surface area contributed by atoms with Crippen LogP contribution in [0.2, 0.25) is 0 Å². The number of aliphatic imine (C=N–C) groups is 1. The quantitative estimate of drug-likeness (QED) is 0.442. The Morgan fingerprint density at radius 3 is 2.56 bits per heavy atom. The van der Waals surface area contributed by atoms with E-state index in [9.17, 15) is 13.2 Å². The predicted molar refractivity (Wildman–Crippen MR) is 103 cm³/mol. The fourth-order valence-corrected chi connectivity index (χ4v) is 3.76. The molecule has 2 atom stereocenters. The highest BCUT2D eigenvalue weighted by atomic mass is 32.2. The van der Waals surface area contributed by atoms with Gasteiger partial charge >= 0.3 is 0 Å². The summed E-state index contributed by atoms with van der Waals surface area (Å²) in [6.45, 7) is 8.30. The second-order valence-corrected chi connectivity index (χ2v) is 9.03. The largest absolute Gasteiger partial charge is 0.357 e. The van der Waals surface area contributed by atoms with Gasteiger partial charge in [0.1, 0.15) is 9.84 Å². The van der Waals surface area contributed by atoms with E-state index < -0.39 is 9.84 Å². The zero-order chi connectivity index (χ0) is 18.9. The summed E-state index contributed by atoms with van der Waals surface area (Å²) in [6.07, 6.45) is 5.21. The molecule has 0 aromatic carbocycles. The van der Waals surface area contributed by atoms with Crippen LogP contribution < -0.4 is 10.6 Å². The molecule has 1 rings (SSSR count). The van der Waals surface area contributed by atoms with Crippen molar-refractivity contribution in [3.63, 3.8) is 0 Å². The molecule has 0 aromatic heterocycles. The van der Waals surface area contributed by atoms with Gasteiger partial charge in [-0.05, 0) is 39.5 Å². The molecule has 146 valence electrons. The second kappa shape index (κ2) is 10.6. The lowest BCUT2D eigenvalue weighted by Gasteiger charge is -2.26. The van der Waals surface area contributed by atoms with Crippen molar-refractivity contribution in [2.75, 3.05) is 31.6 Å². The van der Waals surface area contributed by atoms with Gasteiger partial charge in [-0.25, -0.2) is 8.42 Å². The average molecular weight is 375 g/mol. The number of carbonyl (C=O) groups is 1. The van der Waals surface area contributed by atoms with Gasteiger partial charge in [0, 0.05) is 44.4 Å². The third-order valence-corrected chi connectivity index (χ3v) is 5.38. The Balaban J connectivity index is 2.51. The highest BCUT2D eigenvalue weighted by molar-refractivity contribution is 7.90. The average Bonchev–Trinajstić information content (AvgIpc) is 2.95. The number of sulfone groups is 1. The van der Waals surface area contributed by atoms with Crippen molar-refractivity contribution in [3.05, 3.63) is 0 Å². The summed E-state index contributed by atoms with van der Waals surface area (Å²) in [5.41, 5.74) is 0. The molecule has 0 radical (unpaired) electrons. The van der Waals surface area contributed by atoms with Crippen LogP contribution in [0.3, 0.4) is 0 Å². The molecule has 0 spiro atoms. The molecule has 0 aromatic rings. The fourth-order valence-electron chi connectivity index (χ4n) is 2.98. The number of nitrogens with one attached hydrogen (secondary N) is 2. The van der Waals surface area contributed by atoms with Gasteiger partial charge in [-0.3, -0.25) is 9.79 Å². The molecule has 8 heteroatoms. The number of guanidine groups is 1. The van der Waals surface area contributed by atoms with Gasteiger partial charge in [-0.15, -0.1) is 0 Å². The monoisotopic (exact) mass is 374 g/mol. The first-order valence-corrected chi connectivity index (χ1v) is 11.3. The van der Waals surface area contributed by atoms with E-state index in [4.69, 9.17) is 0 Å². The summed E-state index contributed by atoms with van der Waals surface area (Å²) in [5.74, 6) is 1.12. The Labute approximate surface area is 152 Å². The van der Waals surface area contributed by atoms with Gasteiger partial charge in [-0.2, -0.15) is 0 Å². The van der Waals surface area contributed by atoms with Gasteiger partial charge < -0.3 is 15.5 Å². The van der Waals surface area contributed by atoms with Crippen LogP contribution >= 0.6 is 0 Å². The van der Waals surface area contributed by atoms with Crippen LogP contribution in [-0.4, -0.2) is 68.9 Å². The minimum atomic E-state index is -2.95.